The lowest BCUT2D eigenvalue weighted by molar-refractivity contribution is -0.193. The molecule has 0 saturated carbocycles. The first-order valence-corrected chi connectivity index (χ1v) is 29.5. The first-order valence-electron chi connectivity index (χ1n) is 18.9. The van der Waals surface area contributed by atoms with Gasteiger partial charge in [-0.15, -0.1) is 0 Å². The van der Waals surface area contributed by atoms with Gasteiger partial charge in [0.2, 0.25) is 0 Å². The largest absolute Gasteiger partial charge is 0.465 e. The minimum absolute atomic E-state index is 0. The highest BCUT2D eigenvalue weighted by molar-refractivity contribution is 8.77. The van der Waals surface area contributed by atoms with Crippen molar-refractivity contribution in [1.29, 1.82) is 0 Å². The van der Waals surface area contributed by atoms with Crippen molar-refractivity contribution in [2.45, 2.75) is 116 Å². The molecule has 3 aliphatic rings. The van der Waals surface area contributed by atoms with Gasteiger partial charge < -0.3 is 18.9 Å². The van der Waals surface area contributed by atoms with Crippen LogP contribution in [-0.4, -0.2) is 108 Å². The van der Waals surface area contributed by atoms with E-state index in [2.05, 4.69) is 23.8 Å². The van der Waals surface area contributed by atoms with Gasteiger partial charge in [-0.1, -0.05) is 193 Å². The van der Waals surface area contributed by atoms with Crippen LogP contribution in [-0.2, 0) is 59.1 Å². The fourth-order valence-corrected chi connectivity index (χ4v) is 5.94. The van der Waals surface area contributed by atoms with Gasteiger partial charge in [-0.05, 0) is 66.0 Å². The Morgan fingerprint density at radius 3 is 1.34 bits per heavy atom. The molecule has 2 aliphatic heterocycles. The van der Waals surface area contributed by atoms with Crippen molar-refractivity contribution in [2.24, 2.45) is 0 Å². The Bertz CT molecular complexity index is 1320. The van der Waals surface area contributed by atoms with E-state index in [-0.39, 0.29) is 72.6 Å². The number of carbonyl (C=O) groups is 4. The summed E-state index contributed by atoms with van der Waals surface area (Å²) in [5.74, 6) is 4.84. The molecule has 0 unspecified atom stereocenters. The summed E-state index contributed by atoms with van der Waals surface area (Å²) in [5.41, 5.74) is 1.99. The van der Waals surface area contributed by atoms with Gasteiger partial charge in [-0.2, -0.15) is 30.9 Å². The number of ether oxygens (including phenoxy) is 4. The molecule has 2 heterocycles. The highest BCUT2D eigenvalue weighted by Crippen LogP contribution is 2.31. The smallest absolute Gasteiger partial charge is 0.373 e. The second-order valence-corrected chi connectivity index (χ2v) is 20.0. The van der Waals surface area contributed by atoms with Gasteiger partial charge >= 0.3 is 35.5 Å². The minimum atomic E-state index is -0.189. The van der Waals surface area contributed by atoms with Crippen molar-refractivity contribution >= 4 is 141 Å². The first kappa shape index (κ1) is 91.3. The molecule has 2 fully saturated rings. The van der Waals surface area contributed by atoms with E-state index in [1.54, 1.807) is 85.5 Å². The van der Waals surface area contributed by atoms with Crippen LogP contribution in [0.4, 0.5) is 4.79 Å². The van der Waals surface area contributed by atoms with Crippen LogP contribution < -0.4 is 0 Å². The fraction of sp³-hybridized carbons (Fsp3) is 0.587. The van der Waals surface area contributed by atoms with E-state index in [1.807, 2.05) is 94.3 Å². The number of hydrogen-bond acceptors (Lipinski definition) is 21. The lowest BCUT2D eigenvalue weighted by Crippen LogP contribution is -2.04. The number of carbonyl (C=O) groups excluding carboxylic acids is 8. The standard InChI is InChI=1S/C15H20O4S2.C7H6S.C6H12O2S2.C3H4O2S.C2H6S2.C2H4S.2C2H6.2CO2.5CH4/c1-3-14(16)18-9-10-20-21-13-7-5-12(6-8-13)11-19-15(17)4-2;1-6-2-4-7(8)5-3-6;1-3-6(7)8-4-5-10-9-2;4-3-5-1-2-6-3;1-3-4-2;1-2-3-1;2*1-2;2*2-1-3;;;;;/h5-8H,3-4,9-11H2,1-2H3;2-5H,1H2;3-5H2,1-2H3;1-2H2;1-2H3;1-2H2;2*1-2H3;;;5*1H4. The lowest BCUT2D eigenvalue weighted by atomic mass is 10.1. The third kappa shape index (κ3) is 91.0. The van der Waals surface area contributed by atoms with Gasteiger partial charge in [-0.3, -0.25) is 14.4 Å². The Hall–Kier alpha value is -2.03. The molecule has 21 heteroatoms. The van der Waals surface area contributed by atoms with Crippen molar-refractivity contribution in [3.63, 3.8) is 0 Å². The zero-order valence-electron chi connectivity index (χ0n) is 37.4. The Balaban J connectivity index is -0.0000000645. The van der Waals surface area contributed by atoms with Crippen LogP contribution in [0.1, 0.15) is 110 Å². The third-order valence-electron chi connectivity index (χ3n) is 5.14. The van der Waals surface area contributed by atoms with Crippen molar-refractivity contribution < 1.29 is 57.3 Å². The zero-order chi connectivity index (χ0) is 48.7. The molecule has 394 valence electrons. The van der Waals surface area contributed by atoms with Crippen LogP contribution in [0.15, 0.2) is 65.6 Å². The summed E-state index contributed by atoms with van der Waals surface area (Å²) >= 11 is 8.08. The van der Waals surface area contributed by atoms with Crippen LogP contribution in [0.5, 0.6) is 0 Å². The third-order valence-corrected chi connectivity index (χ3v) is 12.0. The van der Waals surface area contributed by atoms with E-state index in [1.165, 1.54) is 23.3 Å². The normalized spacial score (nSPS) is 10.5. The number of allylic oxidation sites excluding steroid dienone is 5. The highest BCUT2D eigenvalue weighted by atomic mass is 33.1. The molecule has 0 bridgehead atoms. The van der Waals surface area contributed by atoms with Crippen molar-refractivity contribution in [3.05, 3.63) is 66.3 Å². The van der Waals surface area contributed by atoms with Gasteiger partial charge in [0, 0.05) is 57.8 Å². The molecule has 1 aliphatic carbocycles. The van der Waals surface area contributed by atoms with E-state index in [0.29, 0.717) is 45.7 Å². The maximum atomic E-state index is 11.1. The maximum Gasteiger partial charge on any atom is 0.373 e. The van der Waals surface area contributed by atoms with Crippen LogP contribution in [0.2, 0.25) is 0 Å². The summed E-state index contributed by atoms with van der Waals surface area (Å²) in [6.07, 6.45) is 15.5. The summed E-state index contributed by atoms with van der Waals surface area (Å²) in [4.78, 5) is 77.0. The monoisotopic (exact) mass is 1120 g/mol. The molecule has 12 nitrogen and oxygen atoms in total. The van der Waals surface area contributed by atoms with Gasteiger partial charge in [0.1, 0.15) is 26.4 Å². The summed E-state index contributed by atoms with van der Waals surface area (Å²) < 4.78 is 19.4. The fourth-order valence-electron chi connectivity index (χ4n) is 2.46. The van der Waals surface area contributed by atoms with Crippen LogP contribution in [0, 0.1) is 0 Å². The summed E-state index contributed by atoms with van der Waals surface area (Å²) in [6.45, 7) is 19.0. The van der Waals surface area contributed by atoms with E-state index < -0.39 is 0 Å². The molecule has 67 heavy (non-hydrogen) atoms. The minimum Gasteiger partial charge on any atom is -0.465 e. The second kappa shape index (κ2) is 81.0. The number of thiocarbonyl (C=S) groups is 1. The molecule has 0 N–H and O–H groups in total. The average molecular weight is 1120 g/mol. The van der Waals surface area contributed by atoms with Gasteiger partial charge in [0.15, 0.2) is 0 Å². The summed E-state index contributed by atoms with van der Waals surface area (Å²) in [5, 5.41) is -0.130. The van der Waals surface area contributed by atoms with Crippen LogP contribution in [0.25, 0.3) is 0 Å². The molecule has 0 atom stereocenters. The SMILES string of the molecule is C.C.C.C.C.C1CS1.C=C1C=CC(=S)C=C1.CC.CC.CCC(=O)OCCSSC.CCC(=O)OCCSSc1ccc(COC(=O)CC)cc1.CSSC.O=C1OCCS1.O=C=O.O=C=O. The molecule has 0 spiro atoms. The van der Waals surface area contributed by atoms with Crippen molar-refractivity contribution in [2.75, 3.05) is 67.4 Å². The average Bonchev–Trinajstić information content (AvgIpc) is 4.12. The van der Waals surface area contributed by atoms with Gasteiger partial charge in [0.05, 0.1) is 0 Å². The maximum absolute atomic E-state index is 11.1. The predicted octanol–water partition coefficient (Wildman–Crippen LogP) is 15.1. The first-order chi connectivity index (χ1) is 29.9. The van der Waals surface area contributed by atoms with Crippen molar-refractivity contribution in [1.82, 2.24) is 0 Å². The Morgan fingerprint density at radius 2 is 1.06 bits per heavy atom. The lowest BCUT2D eigenvalue weighted by Gasteiger charge is -2.05. The molecular weight excluding hydrogens is 1030 g/mol. The van der Waals surface area contributed by atoms with Crippen LogP contribution in [0.3, 0.4) is 0 Å². The van der Waals surface area contributed by atoms with Crippen LogP contribution >= 0.6 is 101 Å². The predicted molar refractivity (Wildman–Crippen MR) is 308 cm³/mol. The molecule has 4 rings (SSSR count). The number of hydrogen-bond donors (Lipinski definition) is 0. The topological polar surface area (TPSA) is 173 Å². The van der Waals surface area contributed by atoms with E-state index in [0.717, 1.165) is 38.2 Å². The van der Waals surface area contributed by atoms with Gasteiger partial charge in [0.25, 0.3) is 0 Å². The second-order valence-electron chi connectivity index (χ2n) is 9.40. The molecule has 0 amide bonds. The van der Waals surface area contributed by atoms with E-state index >= 15 is 0 Å². The quantitative estimate of drug-likeness (QED) is 0.0405. The molecule has 1 aromatic carbocycles. The molecule has 0 radical (unpaired) electrons. The summed E-state index contributed by atoms with van der Waals surface area (Å²) in [6, 6.07) is 7.88. The van der Waals surface area contributed by atoms with E-state index in [4.69, 9.17) is 45.6 Å². The molecule has 0 aromatic heterocycles. The molecular formula is C46H84O12S9. The Kier molecular flexibility index (Phi) is 110. The Morgan fingerprint density at radius 1 is 0.672 bits per heavy atom. The number of cyclic esters (lactones) is 1. The number of esters is 3. The number of benzene rings is 1. The molecule has 1 aromatic rings. The Labute approximate surface area is 444 Å². The molecule has 2 saturated heterocycles. The summed E-state index contributed by atoms with van der Waals surface area (Å²) in [7, 11) is 10.2. The number of thioether (sulfide) groups is 2. The van der Waals surface area contributed by atoms with Crippen molar-refractivity contribution in [3.8, 4) is 0 Å². The van der Waals surface area contributed by atoms with Gasteiger partial charge in [-0.25, -0.2) is 4.79 Å². The highest BCUT2D eigenvalue weighted by Gasteiger charge is 2.09. The van der Waals surface area contributed by atoms with E-state index in [9.17, 15) is 19.2 Å². The zero-order valence-corrected chi connectivity index (χ0v) is 44.7. The number of rotatable bonds is 15.